The Morgan fingerprint density at radius 2 is 2.04 bits per heavy atom. The molecule has 10 heteroatoms. The summed E-state index contributed by atoms with van der Waals surface area (Å²) < 4.78 is 41.7. The standard InChI is InChI=1S/C16H12F3N3O2S2/c17-16(18,19)12-11-7(5-6-22(12)15(23)24)10(13(20)26-11)14-21-8-3-1-2-4-9(8)25-14/h1-4,12H,5-6,20H2,(H,23,24). The molecule has 1 amide bonds. The Bertz CT molecular complexity index is 979. The van der Waals surface area contributed by atoms with Crippen LogP contribution < -0.4 is 5.73 Å². The molecule has 0 aliphatic carbocycles. The van der Waals surface area contributed by atoms with E-state index in [1.54, 1.807) is 0 Å². The van der Waals surface area contributed by atoms with Crippen LogP contribution in [0.3, 0.4) is 0 Å². The first kappa shape index (κ1) is 17.1. The maximum Gasteiger partial charge on any atom is 0.413 e. The SMILES string of the molecule is Nc1sc2c(c1-c1nc3ccccc3s1)CCN(C(=O)O)C2C(F)(F)F. The second-order valence-corrected chi connectivity index (χ2v) is 7.96. The fourth-order valence-corrected chi connectivity index (χ4v) is 5.60. The van der Waals surface area contributed by atoms with Gasteiger partial charge in [-0.1, -0.05) is 12.1 Å². The van der Waals surface area contributed by atoms with Crippen LogP contribution in [0.4, 0.5) is 23.0 Å². The number of anilines is 1. The number of halogens is 3. The molecule has 1 aliphatic rings. The van der Waals surface area contributed by atoms with Crippen molar-refractivity contribution in [1.29, 1.82) is 0 Å². The number of carboxylic acid groups (broad SMARTS) is 1. The molecule has 3 heterocycles. The average Bonchev–Trinajstić information content (AvgIpc) is 3.11. The van der Waals surface area contributed by atoms with Crippen LogP contribution in [-0.2, 0) is 6.42 Å². The molecular formula is C16H12F3N3O2S2. The van der Waals surface area contributed by atoms with Crippen LogP contribution in [0.1, 0.15) is 16.5 Å². The quantitative estimate of drug-likeness (QED) is 0.619. The van der Waals surface area contributed by atoms with E-state index in [2.05, 4.69) is 4.98 Å². The molecule has 3 N–H and O–H groups in total. The van der Waals surface area contributed by atoms with E-state index < -0.39 is 18.3 Å². The molecule has 0 radical (unpaired) electrons. The Hall–Kier alpha value is -2.33. The van der Waals surface area contributed by atoms with Gasteiger partial charge in [0.15, 0.2) is 6.04 Å². The van der Waals surface area contributed by atoms with Gasteiger partial charge >= 0.3 is 12.3 Å². The number of amides is 1. The second-order valence-electron chi connectivity index (χ2n) is 5.84. The number of hydrogen-bond donors (Lipinski definition) is 2. The monoisotopic (exact) mass is 399 g/mol. The van der Waals surface area contributed by atoms with E-state index >= 15 is 0 Å². The minimum Gasteiger partial charge on any atom is -0.465 e. The van der Waals surface area contributed by atoms with Gasteiger partial charge in [0.2, 0.25) is 0 Å². The van der Waals surface area contributed by atoms with E-state index in [0.29, 0.717) is 21.0 Å². The second kappa shape index (κ2) is 5.85. The summed E-state index contributed by atoms with van der Waals surface area (Å²) in [6, 6.07) is 5.22. The van der Waals surface area contributed by atoms with E-state index in [1.165, 1.54) is 11.3 Å². The molecule has 3 aromatic rings. The first-order valence-corrected chi connectivity index (χ1v) is 9.24. The van der Waals surface area contributed by atoms with Gasteiger partial charge in [-0.3, -0.25) is 4.90 Å². The van der Waals surface area contributed by atoms with Crippen molar-refractivity contribution in [3.8, 4) is 10.6 Å². The lowest BCUT2D eigenvalue weighted by atomic mass is 9.97. The van der Waals surface area contributed by atoms with Crippen molar-refractivity contribution < 1.29 is 23.1 Å². The van der Waals surface area contributed by atoms with Crippen molar-refractivity contribution >= 4 is 44.0 Å². The number of thiophene rings is 1. The number of rotatable bonds is 1. The van der Waals surface area contributed by atoms with Crippen LogP contribution >= 0.6 is 22.7 Å². The summed E-state index contributed by atoms with van der Waals surface area (Å²) in [5.41, 5.74) is 7.76. The lowest BCUT2D eigenvalue weighted by molar-refractivity contribution is -0.181. The van der Waals surface area contributed by atoms with E-state index in [-0.39, 0.29) is 22.8 Å². The molecular weight excluding hydrogens is 387 g/mol. The summed E-state index contributed by atoms with van der Waals surface area (Å²) in [5.74, 6) is 0. The third-order valence-electron chi connectivity index (χ3n) is 4.29. The predicted octanol–water partition coefficient (Wildman–Crippen LogP) is 4.75. The Balaban J connectivity index is 1.89. The molecule has 4 rings (SSSR count). The minimum atomic E-state index is -4.71. The number of nitrogens with two attached hydrogens (primary N) is 1. The maximum absolute atomic E-state index is 13.6. The number of carbonyl (C=O) groups is 1. The van der Waals surface area contributed by atoms with Crippen LogP contribution in [0.2, 0.25) is 0 Å². The van der Waals surface area contributed by atoms with Gasteiger partial charge in [0.25, 0.3) is 0 Å². The highest BCUT2D eigenvalue weighted by atomic mass is 32.1. The molecule has 0 saturated heterocycles. The number of fused-ring (bicyclic) bond motifs is 2. The van der Waals surface area contributed by atoms with Gasteiger partial charge in [0.1, 0.15) is 5.01 Å². The lowest BCUT2D eigenvalue weighted by Crippen LogP contribution is -2.45. The van der Waals surface area contributed by atoms with Crippen molar-refractivity contribution in [3.05, 3.63) is 34.7 Å². The number of aromatic nitrogens is 1. The third kappa shape index (κ3) is 2.60. The van der Waals surface area contributed by atoms with Gasteiger partial charge in [0.05, 0.1) is 15.2 Å². The zero-order chi connectivity index (χ0) is 18.6. The molecule has 136 valence electrons. The number of hydrogen-bond acceptors (Lipinski definition) is 5. The van der Waals surface area contributed by atoms with Gasteiger partial charge < -0.3 is 10.8 Å². The number of benzene rings is 1. The molecule has 0 bridgehead atoms. The molecule has 0 saturated carbocycles. The van der Waals surface area contributed by atoms with E-state index in [0.717, 1.165) is 21.6 Å². The topological polar surface area (TPSA) is 79.5 Å². The van der Waals surface area contributed by atoms with Crippen LogP contribution in [0.25, 0.3) is 20.8 Å². The van der Waals surface area contributed by atoms with Crippen molar-refractivity contribution in [1.82, 2.24) is 9.88 Å². The zero-order valence-electron chi connectivity index (χ0n) is 13.1. The van der Waals surface area contributed by atoms with Gasteiger partial charge in [-0.25, -0.2) is 9.78 Å². The van der Waals surface area contributed by atoms with Gasteiger partial charge in [0, 0.05) is 17.0 Å². The van der Waals surface area contributed by atoms with Gasteiger partial charge in [-0.05, 0) is 24.1 Å². The summed E-state index contributed by atoms with van der Waals surface area (Å²) in [6.45, 7) is -0.236. The van der Waals surface area contributed by atoms with Crippen molar-refractivity contribution in [2.75, 3.05) is 12.3 Å². The summed E-state index contributed by atoms with van der Waals surface area (Å²) in [6.07, 6.45) is -6.13. The number of thiazole rings is 1. The van der Waals surface area contributed by atoms with Gasteiger partial charge in [-0.2, -0.15) is 13.2 Å². The third-order valence-corrected chi connectivity index (χ3v) is 6.46. The minimum absolute atomic E-state index is 0.0575. The first-order chi connectivity index (χ1) is 12.3. The van der Waals surface area contributed by atoms with E-state index in [4.69, 9.17) is 5.73 Å². The Morgan fingerprint density at radius 1 is 1.31 bits per heavy atom. The summed E-state index contributed by atoms with van der Waals surface area (Å²) >= 11 is 2.16. The van der Waals surface area contributed by atoms with Crippen molar-refractivity contribution in [2.45, 2.75) is 18.6 Å². The van der Waals surface area contributed by atoms with Crippen LogP contribution in [0.5, 0.6) is 0 Å². The fraction of sp³-hybridized carbons (Fsp3) is 0.250. The highest BCUT2D eigenvalue weighted by Gasteiger charge is 2.51. The number of para-hydroxylation sites is 1. The molecule has 1 aromatic carbocycles. The Morgan fingerprint density at radius 3 is 2.69 bits per heavy atom. The van der Waals surface area contributed by atoms with Crippen LogP contribution in [0, 0.1) is 0 Å². The maximum atomic E-state index is 13.6. The average molecular weight is 399 g/mol. The molecule has 5 nitrogen and oxygen atoms in total. The van der Waals surface area contributed by atoms with Crippen LogP contribution in [0.15, 0.2) is 24.3 Å². The smallest absolute Gasteiger partial charge is 0.413 e. The largest absolute Gasteiger partial charge is 0.465 e. The number of nitrogens with zero attached hydrogens (tertiary/aromatic N) is 2. The van der Waals surface area contributed by atoms with Crippen molar-refractivity contribution in [2.24, 2.45) is 0 Å². The Labute approximate surface area is 153 Å². The summed E-state index contributed by atoms with van der Waals surface area (Å²) in [7, 11) is 0. The normalized spacial score (nSPS) is 17.5. The summed E-state index contributed by atoms with van der Waals surface area (Å²) in [4.78, 5) is 16.2. The highest BCUT2D eigenvalue weighted by Crippen LogP contribution is 2.51. The molecule has 0 spiro atoms. The summed E-state index contributed by atoms with van der Waals surface area (Å²) in [5, 5.41) is 9.97. The fourth-order valence-electron chi connectivity index (χ4n) is 3.22. The van der Waals surface area contributed by atoms with Crippen molar-refractivity contribution in [3.63, 3.8) is 0 Å². The lowest BCUT2D eigenvalue weighted by Gasteiger charge is -2.34. The molecule has 2 aromatic heterocycles. The predicted molar refractivity (Wildman–Crippen MR) is 94.6 cm³/mol. The zero-order valence-corrected chi connectivity index (χ0v) is 14.7. The number of alkyl halides is 3. The molecule has 0 fully saturated rings. The highest BCUT2D eigenvalue weighted by molar-refractivity contribution is 7.22. The first-order valence-electron chi connectivity index (χ1n) is 7.60. The molecule has 1 atom stereocenters. The Kier molecular flexibility index (Phi) is 3.85. The van der Waals surface area contributed by atoms with Crippen LogP contribution in [-0.4, -0.2) is 33.8 Å². The molecule has 1 aliphatic heterocycles. The number of nitrogen functional groups attached to an aromatic ring is 1. The molecule has 26 heavy (non-hydrogen) atoms. The molecule has 1 unspecified atom stereocenters. The van der Waals surface area contributed by atoms with E-state index in [1.807, 2.05) is 24.3 Å². The van der Waals surface area contributed by atoms with E-state index in [9.17, 15) is 23.1 Å². The van der Waals surface area contributed by atoms with Gasteiger partial charge in [-0.15, -0.1) is 22.7 Å².